The third kappa shape index (κ3) is 6.64. The zero-order valence-corrected chi connectivity index (χ0v) is 12.1. The van der Waals surface area contributed by atoms with E-state index < -0.39 is 11.5 Å². The number of carboxylic acids is 1. The molecule has 0 aliphatic rings. The number of hydrogen-bond acceptors (Lipinski definition) is 3. The van der Waals surface area contributed by atoms with Gasteiger partial charge in [-0.1, -0.05) is 27.7 Å². The molecule has 0 heterocycles. The van der Waals surface area contributed by atoms with E-state index in [9.17, 15) is 9.90 Å². The first-order valence-electron chi connectivity index (χ1n) is 6.28. The minimum Gasteiger partial charge on any atom is -0.480 e. The molecule has 4 heteroatoms. The molecular formula is C13H28N2O2. The van der Waals surface area contributed by atoms with Gasteiger partial charge in [0, 0.05) is 13.1 Å². The molecule has 0 radical (unpaired) electrons. The Kier molecular flexibility index (Phi) is 6.13. The molecule has 0 amide bonds. The van der Waals surface area contributed by atoms with Crippen LogP contribution in [0.25, 0.3) is 0 Å². The van der Waals surface area contributed by atoms with E-state index in [1.165, 1.54) is 0 Å². The van der Waals surface area contributed by atoms with Crippen molar-refractivity contribution in [3.8, 4) is 0 Å². The van der Waals surface area contributed by atoms with E-state index in [-0.39, 0.29) is 5.41 Å². The highest BCUT2D eigenvalue weighted by Crippen LogP contribution is 2.16. The van der Waals surface area contributed by atoms with Gasteiger partial charge in [0.2, 0.25) is 0 Å². The molecule has 0 aliphatic heterocycles. The summed E-state index contributed by atoms with van der Waals surface area (Å²) in [5.41, 5.74) is -0.576. The minimum absolute atomic E-state index is 0.243. The minimum atomic E-state index is -0.819. The van der Waals surface area contributed by atoms with Crippen molar-refractivity contribution in [3.63, 3.8) is 0 Å². The van der Waals surface area contributed by atoms with Crippen LogP contribution in [0.15, 0.2) is 0 Å². The number of hydrogen-bond donors (Lipinski definition) is 2. The Labute approximate surface area is 105 Å². The quantitative estimate of drug-likeness (QED) is 0.717. The first-order valence-corrected chi connectivity index (χ1v) is 6.28. The van der Waals surface area contributed by atoms with Gasteiger partial charge in [-0.05, 0) is 32.4 Å². The monoisotopic (exact) mass is 244 g/mol. The van der Waals surface area contributed by atoms with Crippen LogP contribution in [0.2, 0.25) is 0 Å². The fourth-order valence-corrected chi connectivity index (χ4v) is 1.96. The van der Waals surface area contributed by atoms with Gasteiger partial charge in [0.05, 0.1) is 0 Å². The molecule has 0 aliphatic carbocycles. The summed E-state index contributed by atoms with van der Waals surface area (Å²) < 4.78 is 0. The number of nitrogens with one attached hydrogen (secondary N) is 1. The normalized spacial score (nSPS) is 15.9. The second kappa shape index (κ2) is 6.36. The molecule has 1 unspecified atom stereocenters. The molecule has 0 aromatic heterocycles. The second-order valence-corrected chi connectivity index (χ2v) is 6.22. The molecule has 102 valence electrons. The van der Waals surface area contributed by atoms with Crippen molar-refractivity contribution in [1.82, 2.24) is 10.2 Å². The molecule has 0 saturated carbocycles. The van der Waals surface area contributed by atoms with Crippen LogP contribution in [0.5, 0.6) is 0 Å². The molecular weight excluding hydrogens is 216 g/mol. The van der Waals surface area contributed by atoms with Gasteiger partial charge in [0.1, 0.15) is 5.54 Å². The molecule has 0 bridgehead atoms. The summed E-state index contributed by atoms with van der Waals surface area (Å²) in [6.07, 6.45) is 0.614. The Balaban J connectivity index is 4.27. The lowest BCUT2D eigenvalue weighted by molar-refractivity contribution is -0.144. The number of rotatable bonds is 7. The number of carbonyl (C=O) groups is 1. The van der Waals surface area contributed by atoms with E-state index in [0.717, 1.165) is 13.1 Å². The van der Waals surface area contributed by atoms with Crippen molar-refractivity contribution < 1.29 is 9.90 Å². The summed E-state index contributed by atoms with van der Waals surface area (Å²) >= 11 is 0. The predicted molar refractivity (Wildman–Crippen MR) is 71.3 cm³/mol. The van der Waals surface area contributed by atoms with Gasteiger partial charge < -0.3 is 15.3 Å². The molecule has 0 aromatic carbocycles. The first kappa shape index (κ1) is 16.4. The van der Waals surface area contributed by atoms with Crippen LogP contribution < -0.4 is 5.32 Å². The van der Waals surface area contributed by atoms with Crippen molar-refractivity contribution in [2.24, 2.45) is 5.41 Å². The maximum Gasteiger partial charge on any atom is 0.323 e. The summed E-state index contributed by atoms with van der Waals surface area (Å²) in [5.74, 6) is -0.775. The molecule has 4 nitrogen and oxygen atoms in total. The van der Waals surface area contributed by atoms with Crippen molar-refractivity contribution >= 4 is 5.97 Å². The summed E-state index contributed by atoms with van der Waals surface area (Å²) in [6.45, 7) is 12.7. The van der Waals surface area contributed by atoms with Gasteiger partial charge in [0.15, 0.2) is 0 Å². The van der Waals surface area contributed by atoms with Gasteiger partial charge in [-0.3, -0.25) is 4.79 Å². The number of nitrogens with zero attached hydrogens (tertiary/aromatic N) is 1. The van der Waals surface area contributed by atoms with E-state index in [2.05, 4.69) is 31.0 Å². The van der Waals surface area contributed by atoms with E-state index in [1.54, 1.807) is 6.92 Å². The van der Waals surface area contributed by atoms with Gasteiger partial charge in [0.25, 0.3) is 0 Å². The van der Waals surface area contributed by atoms with Crippen molar-refractivity contribution in [2.75, 3.05) is 26.7 Å². The first-order chi connectivity index (χ1) is 7.60. The molecule has 2 N–H and O–H groups in total. The molecule has 0 saturated heterocycles. The van der Waals surface area contributed by atoms with Crippen LogP contribution >= 0.6 is 0 Å². The summed E-state index contributed by atoms with van der Waals surface area (Å²) in [4.78, 5) is 13.4. The van der Waals surface area contributed by atoms with Gasteiger partial charge in [-0.2, -0.15) is 0 Å². The topological polar surface area (TPSA) is 52.6 Å². The van der Waals surface area contributed by atoms with Crippen LogP contribution in [-0.4, -0.2) is 48.2 Å². The highest BCUT2D eigenvalue weighted by molar-refractivity contribution is 5.78. The standard InChI is InChI=1S/C13H28N2O2/c1-7-14-13(5,11(16)17)8-9-15(6)10-12(2,3)4/h14H,7-10H2,1-6H3,(H,16,17). The van der Waals surface area contributed by atoms with Gasteiger partial charge in [-0.25, -0.2) is 0 Å². The molecule has 0 aromatic rings. The fraction of sp³-hybridized carbons (Fsp3) is 0.923. The maximum atomic E-state index is 11.2. The van der Waals surface area contributed by atoms with Crippen molar-refractivity contribution in [2.45, 2.75) is 46.6 Å². The van der Waals surface area contributed by atoms with Crippen molar-refractivity contribution in [3.05, 3.63) is 0 Å². The molecule has 0 spiro atoms. The summed E-state index contributed by atoms with van der Waals surface area (Å²) in [6, 6.07) is 0. The van der Waals surface area contributed by atoms with Crippen LogP contribution in [-0.2, 0) is 4.79 Å². The number of aliphatic carboxylic acids is 1. The Morgan fingerprint density at radius 3 is 2.18 bits per heavy atom. The zero-order chi connectivity index (χ0) is 13.7. The third-order valence-electron chi connectivity index (χ3n) is 2.78. The Morgan fingerprint density at radius 2 is 1.82 bits per heavy atom. The van der Waals surface area contributed by atoms with Gasteiger partial charge in [-0.15, -0.1) is 0 Å². The fourth-order valence-electron chi connectivity index (χ4n) is 1.96. The van der Waals surface area contributed by atoms with E-state index in [0.29, 0.717) is 13.0 Å². The van der Waals surface area contributed by atoms with E-state index in [4.69, 9.17) is 0 Å². The molecule has 17 heavy (non-hydrogen) atoms. The largest absolute Gasteiger partial charge is 0.480 e. The van der Waals surface area contributed by atoms with E-state index >= 15 is 0 Å². The Bertz CT molecular complexity index is 248. The molecule has 1 atom stereocenters. The smallest absolute Gasteiger partial charge is 0.323 e. The maximum absolute atomic E-state index is 11.2. The zero-order valence-electron chi connectivity index (χ0n) is 12.1. The lowest BCUT2D eigenvalue weighted by Gasteiger charge is -2.31. The molecule has 0 fully saturated rings. The van der Waals surface area contributed by atoms with Crippen LogP contribution in [0.1, 0.15) is 41.0 Å². The molecule has 0 rings (SSSR count). The average Bonchev–Trinajstić information content (AvgIpc) is 2.12. The third-order valence-corrected chi connectivity index (χ3v) is 2.78. The van der Waals surface area contributed by atoms with Crippen LogP contribution in [0.3, 0.4) is 0 Å². The summed E-state index contributed by atoms with van der Waals surface area (Å²) in [5, 5.41) is 12.3. The predicted octanol–water partition coefficient (Wildman–Crippen LogP) is 1.81. The SMILES string of the molecule is CCNC(C)(CCN(C)CC(C)(C)C)C(=O)O. The lowest BCUT2D eigenvalue weighted by Crippen LogP contribution is -2.51. The average molecular weight is 244 g/mol. The van der Waals surface area contributed by atoms with E-state index in [1.807, 2.05) is 14.0 Å². The number of likely N-dealkylation sites (N-methyl/N-ethyl adjacent to an activating group) is 1. The lowest BCUT2D eigenvalue weighted by atomic mass is 9.94. The Morgan fingerprint density at radius 1 is 1.29 bits per heavy atom. The highest BCUT2D eigenvalue weighted by atomic mass is 16.4. The van der Waals surface area contributed by atoms with Gasteiger partial charge >= 0.3 is 5.97 Å². The van der Waals surface area contributed by atoms with Crippen molar-refractivity contribution in [1.29, 1.82) is 0 Å². The van der Waals surface area contributed by atoms with Crippen LogP contribution in [0, 0.1) is 5.41 Å². The second-order valence-electron chi connectivity index (χ2n) is 6.22. The Hall–Kier alpha value is -0.610. The van der Waals surface area contributed by atoms with Crippen LogP contribution in [0.4, 0.5) is 0 Å². The highest BCUT2D eigenvalue weighted by Gasteiger charge is 2.32. The summed E-state index contributed by atoms with van der Waals surface area (Å²) in [7, 11) is 2.04. The number of carboxylic acid groups (broad SMARTS) is 1.